The number of benzene rings is 2. The quantitative estimate of drug-likeness (QED) is 0.440. The highest BCUT2D eigenvalue weighted by atomic mass is 32.1. The lowest BCUT2D eigenvalue weighted by atomic mass is 9.95. The number of hydrogen-bond donors (Lipinski definition) is 1. The van der Waals surface area contributed by atoms with Crippen LogP contribution < -0.4 is 5.32 Å². The van der Waals surface area contributed by atoms with Crippen molar-refractivity contribution in [1.29, 1.82) is 0 Å². The summed E-state index contributed by atoms with van der Waals surface area (Å²) in [4.78, 5) is 26.6. The Morgan fingerprint density at radius 1 is 0.967 bits per heavy atom. The van der Waals surface area contributed by atoms with Gasteiger partial charge in [0, 0.05) is 10.8 Å². The number of carbonyl (C=O) groups excluding carboxylic acids is 2. The third kappa shape index (κ3) is 4.97. The van der Waals surface area contributed by atoms with Crippen LogP contribution in [0, 0.1) is 0 Å². The van der Waals surface area contributed by atoms with Crippen LogP contribution in [0.1, 0.15) is 65.4 Å². The Labute approximate surface area is 181 Å². The fourth-order valence-corrected chi connectivity index (χ4v) is 4.57. The maximum atomic E-state index is 13.1. The Morgan fingerprint density at radius 3 is 2.13 bits per heavy atom. The van der Waals surface area contributed by atoms with E-state index in [0.717, 1.165) is 16.0 Å². The molecule has 0 aliphatic rings. The molecule has 0 spiro atoms. The fourth-order valence-electron chi connectivity index (χ4n) is 3.44. The molecule has 0 bridgehead atoms. The predicted molar refractivity (Wildman–Crippen MR) is 122 cm³/mol. The van der Waals surface area contributed by atoms with Crippen LogP contribution in [-0.2, 0) is 9.53 Å². The first-order chi connectivity index (χ1) is 14.5. The van der Waals surface area contributed by atoms with Gasteiger partial charge >= 0.3 is 5.97 Å². The number of nitrogens with one attached hydrogen (secondary N) is 1. The Hall–Kier alpha value is -2.92. The zero-order valence-corrected chi connectivity index (χ0v) is 18.4. The SMILES string of the molecule is CCOC(=O)c1cc(C(C)c2ccccc2)sc1NC(=O)C(CC)c1ccccc1. The van der Waals surface area contributed by atoms with Crippen LogP contribution in [0.2, 0.25) is 0 Å². The van der Waals surface area contributed by atoms with Crippen LogP contribution in [-0.4, -0.2) is 18.5 Å². The van der Waals surface area contributed by atoms with E-state index in [4.69, 9.17) is 4.74 Å². The smallest absolute Gasteiger partial charge is 0.341 e. The summed E-state index contributed by atoms with van der Waals surface area (Å²) in [6.45, 7) is 6.15. The number of hydrogen-bond acceptors (Lipinski definition) is 4. The number of ether oxygens (including phenoxy) is 1. The van der Waals surface area contributed by atoms with Gasteiger partial charge in [0.2, 0.25) is 5.91 Å². The zero-order valence-electron chi connectivity index (χ0n) is 17.6. The van der Waals surface area contributed by atoms with Gasteiger partial charge in [0.15, 0.2) is 0 Å². The minimum Gasteiger partial charge on any atom is -0.462 e. The predicted octanol–water partition coefficient (Wildman–Crippen LogP) is 6.21. The van der Waals surface area contributed by atoms with Gasteiger partial charge in [-0.05, 0) is 30.5 Å². The number of esters is 1. The molecule has 0 aliphatic carbocycles. The summed E-state index contributed by atoms with van der Waals surface area (Å²) in [5.74, 6) is -0.706. The van der Waals surface area contributed by atoms with Crippen molar-refractivity contribution in [2.75, 3.05) is 11.9 Å². The summed E-state index contributed by atoms with van der Waals surface area (Å²) in [7, 11) is 0. The molecule has 3 rings (SSSR count). The Kier molecular flexibility index (Phi) is 7.41. The van der Waals surface area contributed by atoms with Crippen LogP contribution >= 0.6 is 11.3 Å². The normalized spacial score (nSPS) is 12.8. The Morgan fingerprint density at radius 2 is 1.57 bits per heavy atom. The minimum atomic E-state index is -0.414. The molecule has 1 amide bonds. The maximum Gasteiger partial charge on any atom is 0.341 e. The molecule has 4 nitrogen and oxygen atoms in total. The second kappa shape index (κ2) is 10.2. The van der Waals surface area contributed by atoms with Crippen molar-refractivity contribution in [3.63, 3.8) is 0 Å². The molecule has 2 unspecified atom stereocenters. The van der Waals surface area contributed by atoms with Gasteiger partial charge < -0.3 is 10.1 Å². The van der Waals surface area contributed by atoms with Gasteiger partial charge in [-0.2, -0.15) is 0 Å². The highest BCUT2D eigenvalue weighted by molar-refractivity contribution is 7.16. The first kappa shape index (κ1) is 21.8. The molecule has 156 valence electrons. The van der Waals surface area contributed by atoms with Crippen LogP contribution in [0.15, 0.2) is 66.7 Å². The van der Waals surface area contributed by atoms with Crippen molar-refractivity contribution >= 4 is 28.2 Å². The molecule has 0 saturated heterocycles. The van der Waals surface area contributed by atoms with Crippen molar-refractivity contribution in [3.8, 4) is 0 Å². The summed E-state index contributed by atoms with van der Waals surface area (Å²) in [6, 6.07) is 21.7. The van der Waals surface area contributed by atoms with Crippen molar-refractivity contribution in [2.45, 2.75) is 39.0 Å². The third-order valence-electron chi connectivity index (χ3n) is 5.14. The molecule has 1 heterocycles. The van der Waals surface area contributed by atoms with E-state index in [1.54, 1.807) is 6.92 Å². The van der Waals surface area contributed by atoms with Crippen molar-refractivity contribution in [1.82, 2.24) is 0 Å². The lowest BCUT2D eigenvalue weighted by molar-refractivity contribution is -0.117. The van der Waals surface area contributed by atoms with Crippen LogP contribution in [0.4, 0.5) is 5.00 Å². The molecule has 1 aromatic heterocycles. The van der Waals surface area contributed by atoms with E-state index in [2.05, 4.69) is 24.4 Å². The second-order valence-corrected chi connectivity index (χ2v) is 8.19. The Balaban J connectivity index is 1.91. The molecule has 2 aromatic carbocycles. The van der Waals surface area contributed by atoms with Gasteiger partial charge in [-0.3, -0.25) is 4.79 Å². The van der Waals surface area contributed by atoms with Crippen molar-refractivity contribution in [3.05, 3.63) is 88.3 Å². The number of thiophene rings is 1. The number of anilines is 1. The average molecular weight is 422 g/mol. The standard InChI is InChI=1S/C25H27NO3S/c1-4-20(19-14-10-7-11-15-19)23(27)26-24-21(25(28)29-5-2)16-22(30-24)17(3)18-12-8-6-9-13-18/h6-17,20H,4-5H2,1-3H3,(H,26,27). The molecular formula is C25H27NO3S. The number of rotatable bonds is 8. The van der Waals surface area contributed by atoms with Gasteiger partial charge in [-0.15, -0.1) is 11.3 Å². The highest BCUT2D eigenvalue weighted by Crippen LogP contribution is 2.37. The molecule has 0 radical (unpaired) electrons. The van der Waals surface area contributed by atoms with Gasteiger partial charge in [0.25, 0.3) is 0 Å². The number of carbonyl (C=O) groups is 2. The Bertz CT molecular complexity index is 982. The van der Waals surface area contributed by atoms with E-state index >= 15 is 0 Å². The van der Waals surface area contributed by atoms with E-state index in [1.165, 1.54) is 11.3 Å². The van der Waals surface area contributed by atoms with Gasteiger partial charge in [0.05, 0.1) is 18.1 Å². The fraction of sp³-hybridized carbons (Fsp3) is 0.280. The number of amides is 1. The molecule has 3 aromatic rings. The van der Waals surface area contributed by atoms with Crippen LogP contribution in [0.3, 0.4) is 0 Å². The summed E-state index contributed by atoms with van der Waals surface area (Å²) in [5.41, 5.74) is 2.53. The maximum absolute atomic E-state index is 13.1. The summed E-state index contributed by atoms with van der Waals surface area (Å²) in [5, 5.41) is 3.55. The van der Waals surface area contributed by atoms with E-state index < -0.39 is 5.97 Å². The summed E-state index contributed by atoms with van der Waals surface area (Å²) < 4.78 is 5.24. The van der Waals surface area contributed by atoms with Crippen LogP contribution in [0.5, 0.6) is 0 Å². The topological polar surface area (TPSA) is 55.4 Å². The monoisotopic (exact) mass is 421 g/mol. The third-order valence-corrected chi connectivity index (χ3v) is 6.37. The van der Waals surface area contributed by atoms with Crippen molar-refractivity contribution in [2.24, 2.45) is 0 Å². The lowest BCUT2D eigenvalue weighted by Crippen LogP contribution is -2.21. The highest BCUT2D eigenvalue weighted by Gasteiger charge is 2.25. The molecule has 30 heavy (non-hydrogen) atoms. The minimum absolute atomic E-state index is 0.103. The molecule has 0 aliphatic heterocycles. The summed E-state index contributed by atoms with van der Waals surface area (Å²) in [6.07, 6.45) is 0.670. The second-order valence-electron chi connectivity index (χ2n) is 7.11. The summed E-state index contributed by atoms with van der Waals surface area (Å²) >= 11 is 1.44. The van der Waals surface area contributed by atoms with Crippen LogP contribution in [0.25, 0.3) is 0 Å². The van der Waals surface area contributed by atoms with E-state index in [-0.39, 0.29) is 24.3 Å². The van der Waals surface area contributed by atoms with Crippen molar-refractivity contribution < 1.29 is 14.3 Å². The van der Waals surface area contributed by atoms with Gasteiger partial charge in [0.1, 0.15) is 5.00 Å². The van der Waals surface area contributed by atoms with E-state index in [1.807, 2.05) is 61.5 Å². The average Bonchev–Trinajstić information content (AvgIpc) is 3.19. The molecule has 0 fully saturated rings. The molecular weight excluding hydrogens is 394 g/mol. The zero-order chi connectivity index (χ0) is 21.5. The molecule has 2 atom stereocenters. The first-order valence-corrected chi connectivity index (χ1v) is 11.1. The molecule has 1 N–H and O–H groups in total. The molecule has 0 saturated carbocycles. The van der Waals surface area contributed by atoms with E-state index in [0.29, 0.717) is 17.0 Å². The van der Waals surface area contributed by atoms with Gasteiger partial charge in [-0.1, -0.05) is 74.5 Å². The van der Waals surface area contributed by atoms with Gasteiger partial charge in [-0.25, -0.2) is 4.79 Å². The first-order valence-electron chi connectivity index (χ1n) is 10.3. The lowest BCUT2D eigenvalue weighted by Gasteiger charge is -2.15. The van der Waals surface area contributed by atoms with E-state index in [9.17, 15) is 9.59 Å². The molecule has 5 heteroatoms. The largest absolute Gasteiger partial charge is 0.462 e.